The zero-order valence-electron chi connectivity index (χ0n) is 12.7. The Morgan fingerprint density at radius 2 is 1.86 bits per heavy atom. The fourth-order valence-corrected chi connectivity index (χ4v) is 1.89. The molecule has 0 bridgehead atoms. The summed E-state index contributed by atoms with van der Waals surface area (Å²) in [7, 11) is 0. The molecule has 0 spiro atoms. The highest BCUT2D eigenvalue weighted by Gasteiger charge is 2.26. The number of amides is 1. The summed E-state index contributed by atoms with van der Waals surface area (Å²) in [6, 6.07) is 9.09. The van der Waals surface area contributed by atoms with Crippen LogP contribution in [0.3, 0.4) is 0 Å². The number of carbonyl (C=O) groups excluding carboxylic acids is 2. The van der Waals surface area contributed by atoms with Crippen molar-refractivity contribution in [3.63, 3.8) is 0 Å². The summed E-state index contributed by atoms with van der Waals surface area (Å²) in [5.74, 6) is -0.984. The monoisotopic (exact) mass is 311 g/mol. The summed E-state index contributed by atoms with van der Waals surface area (Å²) >= 11 is 5.49. The molecule has 0 saturated carbocycles. The van der Waals surface area contributed by atoms with E-state index in [-0.39, 0.29) is 11.8 Å². The van der Waals surface area contributed by atoms with Crippen molar-refractivity contribution in [1.82, 2.24) is 5.32 Å². The predicted octanol–water partition coefficient (Wildman–Crippen LogP) is 2.68. The molecule has 4 nitrogen and oxygen atoms in total. The van der Waals surface area contributed by atoms with Crippen LogP contribution in [0.25, 0.3) is 0 Å². The molecule has 5 heteroatoms. The smallest absolute Gasteiger partial charge is 0.329 e. The van der Waals surface area contributed by atoms with Crippen molar-refractivity contribution in [2.45, 2.75) is 45.3 Å². The van der Waals surface area contributed by atoms with E-state index >= 15 is 0 Å². The molecule has 116 valence electrons. The third-order valence-corrected chi connectivity index (χ3v) is 2.96. The Balaban J connectivity index is 2.68. The van der Waals surface area contributed by atoms with Crippen molar-refractivity contribution < 1.29 is 14.3 Å². The van der Waals surface area contributed by atoms with E-state index in [0.29, 0.717) is 12.8 Å². The van der Waals surface area contributed by atoms with Gasteiger partial charge in [-0.2, -0.15) is 0 Å². The molecule has 0 aliphatic carbocycles. The summed E-state index contributed by atoms with van der Waals surface area (Å²) in [6.07, 6.45) is 1.15. The second-order valence-electron chi connectivity index (χ2n) is 5.81. The number of ether oxygens (including phenoxy) is 1. The normalized spacial score (nSPS) is 12.6. The van der Waals surface area contributed by atoms with Crippen molar-refractivity contribution >= 4 is 23.5 Å². The number of benzene rings is 1. The van der Waals surface area contributed by atoms with E-state index in [2.05, 4.69) is 5.32 Å². The van der Waals surface area contributed by atoms with Gasteiger partial charge in [0.05, 0.1) is 0 Å². The molecule has 0 aliphatic heterocycles. The number of alkyl halides is 1. The van der Waals surface area contributed by atoms with Crippen LogP contribution in [0.5, 0.6) is 0 Å². The van der Waals surface area contributed by atoms with E-state index in [1.807, 2.05) is 30.3 Å². The topological polar surface area (TPSA) is 55.4 Å². The van der Waals surface area contributed by atoms with Gasteiger partial charge in [-0.1, -0.05) is 30.3 Å². The first-order valence-electron chi connectivity index (χ1n) is 6.94. The molecular formula is C16H22ClNO3. The van der Waals surface area contributed by atoms with Gasteiger partial charge in [-0.25, -0.2) is 4.79 Å². The summed E-state index contributed by atoms with van der Waals surface area (Å²) in [5, 5.41) is 2.61. The highest BCUT2D eigenvalue weighted by molar-refractivity contribution is 6.27. The number of hydrogen-bond acceptors (Lipinski definition) is 3. The van der Waals surface area contributed by atoms with Crippen LogP contribution in [0.4, 0.5) is 0 Å². The molecule has 1 rings (SSSR count). The van der Waals surface area contributed by atoms with Gasteiger partial charge in [0.25, 0.3) is 0 Å². The van der Waals surface area contributed by atoms with E-state index in [9.17, 15) is 9.59 Å². The highest BCUT2D eigenvalue weighted by atomic mass is 35.5. The molecule has 21 heavy (non-hydrogen) atoms. The number of rotatable bonds is 6. The minimum absolute atomic E-state index is 0.176. The maximum atomic E-state index is 12.2. The van der Waals surface area contributed by atoms with Gasteiger partial charge in [0, 0.05) is 0 Å². The Bertz CT molecular complexity index is 468. The maximum Gasteiger partial charge on any atom is 0.329 e. The number of esters is 1. The molecule has 0 saturated heterocycles. The largest absolute Gasteiger partial charge is 0.458 e. The Labute approximate surface area is 130 Å². The zero-order chi connectivity index (χ0) is 15.9. The van der Waals surface area contributed by atoms with E-state index in [0.717, 1.165) is 5.56 Å². The van der Waals surface area contributed by atoms with Crippen LogP contribution >= 0.6 is 11.6 Å². The molecule has 1 aromatic carbocycles. The van der Waals surface area contributed by atoms with Crippen molar-refractivity contribution in [3.05, 3.63) is 35.9 Å². The Hall–Kier alpha value is -1.55. The molecule has 1 N–H and O–H groups in total. The van der Waals surface area contributed by atoms with Crippen LogP contribution in [0.1, 0.15) is 32.8 Å². The van der Waals surface area contributed by atoms with Crippen LogP contribution in [-0.4, -0.2) is 29.4 Å². The minimum atomic E-state index is -0.685. The van der Waals surface area contributed by atoms with Crippen LogP contribution < -0.4 is 5.32 Å². The van der Waals surface area contributed by atoms with Crippen LogP contribution in [0.2, 0.25) is 0 Å². The van der Waals surface area contributed by atoms with E-state index in [1.54, 1.807) is 20.8 Å². The third kappa shape index (κ3) is 7.14. The van der Waals surface area contributed by atoms with Crippen molar-refractivity contribution in [3.8, 4) is 0 Å². The lowest BCUT2D eigenvalue weighted by Crippen LogP contribution is -2.44. The number of carbonyl (C=O) groups is 2. The van der Waals surface area contributed by atoms with Crippen molar-refractivity contribution in [1.29, 1.82) is 0 Å². The van der Waals surface area contributed by atoms with Crippen LogP contribution in [-0.2, 0) is 20.7 Å². The molecule has 0 unspecified atom stereocenters. The molecule has 0 heterocycles. The van der Waals surface area contributed by atoms with Gasteiger partial charge in [-0.3, -0.25) is 4.79 Å². The van der Waals surface area contributed by atoms with Crippen LogP contribution in [0.15, 0.2) is 30.3 Å². The first-order chi connectivity index (χ1) is 9.81. The standard InChI is InChI=1S/C16H22ClNO3/c1-16(2,3)21-15(20)13(18-14(19)11-17)10-9-12-7-5-4-6-8-12/h4-8,13H,9-11H2,1-3H3,(H,18,19)/t13-/m0/s1. The molecule has 0 aromatic heterocycles. The van der Waals surface area contributed by atoms with Crippen molar-refractivity contribution in [2.75, 3.05) is 5.88 Å². The lowest BCUT2D eigenvalue weighted by molar-refractivity contribution is -0.158. The number of aryl methyl sites for hydroxylation is 1. The maximum absolute atomic E-state index is 12.2. The molecule has 1 atom stereocenters. The quantitative estimate of drug-likeness (QED) is 0.649. The van der Waals surface area contributed by atoms with E-state index < -0.39 is 17.6 Å². The van der Waals surface area contributed by atoms with E-state index in [1.165, 1.54) is 0 Å². The Morgan fingerprint density at radius 1 is 1.24 bits per heavy atom. The Kier molecular flexibility index (Phi) is 6.69. The molecule has 1 aromatic rings. The SMILES string of the molecule is CC(C)(C)OC(=O)[C@H](CCc1ccccc1)NC(=O)CCl. The molecular weight excluding hydrogens is 290 g/mol. The summed E-state index contributed by atoms with van der Waals surface area (Å²) in [5.41, 5.74) is 0.513. The summed E-state index contributed by atoms with van der Waals surface area (Å²) < 4.78 is 5.34. The van der Waals surface area contributed by atoms with Gasteiger partial charge in [0.2, 0.25) is 5.91 Å². The van der Waals surface area contributed by atoms with Gasteiger partial charge in [-0.15, -0.1) is 11.6 Å². The first-order valence-corrected chi connectivity index (χ1v) is 7.47. The lowest BCUT2D eigenvalue weighted by Gasteiger charge is -2.24. The van der Waals surface area contributed by atoms with Gasteiger partial charge < -0.3 is 10.1 Å². The fourth-order valence-electron chi connectivity index (χ4n) is 1.81. The molecule has 0 aliphatic rings. The van der Waals surface area contributed by atoms with Gasteiger partial charge in [0.15, 0.2) is 0 Å². The predicted molar refractivity (Wildman–Crippen MR) is 83.3 cm³/mol. The summed E-state index contributed by atoms with van der Waals surface area (Å²) in [6.45, 7) is 5.38. The molecule has 1 amide bonds. The molecule has 0 radical (unpaired) electrons. The second-order valence-corrected chi connectivity index (χ2v) is 6.08. The Morgan fingerprint density at radius 3 is 2.38 bits per heavy atom. The number of nitrogens with one attached hydrogen (secondary N) is 1. The van der Waals surface area contributed by atoms with Gasteiger partial charge in [-0.05, 0) is 39.2 Å². The fraction of sp³-hybridized carbons (Fsp3) is 0.500. The van der Waals surface area contributed by atoms with Crippen molar-refractivity contribution in [2.24, 2.45) is 0 Å². The summed E-state index contributed by atoms with van der Waals surface area (Å²) in [4.78, 5) is 23.6. The van der Waals surface area contributed by atoms with Crippen LogP contribution in [0, 0.1) is 0 Å². The molecule has 0 fully saturated rings. The van der Waals surface area contributed by atoms with Gasteiger partial charge >= 0.3 is 5.97 Å². The third-order valence-electron chi connectivity index (χ3n) is 2.71. The zero-order valence-corrected chi connectivity index (χ0v) is 13.4. The average Bonchev–Trinajstić information content (AvgIpc) is 2.42. The lowest BCUT2D eigenvalue weighted by atomic mass is 10.0. The van der Waals surface area contributed by atoms with E-state index in [4.69, 9.17) is 16.3 Å². The number of halogens is 1. The second kappa shape index (κ2) is 8.03. The average molecular weight is 312 g/mol. The first kappa shape index (κ1) is 17.5. The highest BCUT2D eigenvalue weighted by Crippen LogP contribution is 2.12. The van der Waals surface area contributed by atoms with Gasteiger partial charge in [0.1, 0.15) is 17.5 Å². The number of hydrogen-bond donors (Lipinski definition) is 1. The minimum Gasteiger partial charge on any atom is -0.458 e.